The van der Waals surface area contributed by atoms with Crippen molar-refractivity contribution in [1.29, 1.82) is 0 Å². The van der Waals surface area contributed by atoms with Crippen LogP contribution in [0.1, 0.15) is 24.5 Å². The van der Waals surface area contributed by atoms with Crippen LogP contribution in [0.2, 0.25) is 0 Å². The zero-order valence-corrected chi connectivity index (χ0v) is 14.5. The zero-order valence-electron chi connectivity index (χ0n) is 14.5. The van der Waals surface area contributed by atoms with Crippen LogP contribution in [0.15, 0.2) is 49.2 Å². The minimum Gasteiger partial charge on any atom is -0.359 e. The van der Waals surface area contributed by atoms with Gasteiger partial charge in [0.2, 0.25) is 0 Å². The van der Waals surface area contributed by atoms with Gasteiger partial charge in [-0.3, -0.25) is 9.88 Å². The molecular weight excluding hydrogens is 308 g/mol. The highest BCUT2D eigenvalue weighted by atomic mass is 16.5. The first-order valence-corrected chi connectivity index (χ1v) is 9.07. The predicted molar refractivity (Wildman–Crippen MR) is 101 cm³/mol. The summed E-state index contributed by atoms with van der Waals surface area (Å²) in [4.78, 5) is 7.07. The fourth-order valence-corrected chi connectivity index (χ4v) is 4.60. The predicted octanol–water partition coefficient (Wildman–Crippen LogP) is 3.82. The maximum atomic E-state index is 6.22. The molecule has 0 amide bonds. The normalized spacial score (nSPS) is 29.2. The van der Waals surface area contributed by atoms with Crippen LogP contribution in [0.25, 0.3) is 10.9 Å². The second-order valence-corrected chi connectivity index (χ2v) is 7.10. The van der Waals surface area contributed by atoms with E-state index in [1.54, 1.807) is 0 Å². The molecule has 1 aromatic heterocycles. The molecule has 0 spiro atoms. The maximum absolute atomic E-state index is 6.22. The van der Waals surface area contributed by atoms with E-state index in [1.807, 2.05) is 12.3 Å². The Bertz CT molecular complexity index is 804. The van der Waals surface area contributed by atoms with Gasteiger partial charge >= 0.3 is 0 Å². The highest BCUT2D eigenvalue weighted by Crippen LogP contribution is 2.43. The summed E-state index contributed by atoms with van der Waals surface area (Å²) in [6.45, 7) is 6.58. The third-order valence-electron chi connectivity index (χ3n) is 5.84. The Kier molecular flexibility index (Phi) is 4.57. The number of para-hydroxylation sites is 1. The third kappa shape index (κ3) is 2.97. The summed E-state index contributed by atoms with van der Waals surface area (Å²) in [5.41, 5.74) is 2.21. The number of hydrogen-bond acceptors (Lipinski definition) is 3. The van der Waals surface area contributed by atoms with E-state index in [9.17, 15) is 0 Å². The van der Waals surface area contributed by atoms with Crippen molar-refractivity contribution in [3.8, 4) is 12.3 Å². The zero-order chi connectivity index (χ0) is 17.2. The van der Waals surface area contributed by atoms with Crippen LogP contribution in [-0.4, -0.2) is 35.6 Å². The molecule has 0 radical (unpaired) electrons. The van der Waals surface area contributed by atoms with Gasteiger partial charge in [-0.1, -0.05) is 30.2 Å². The summed E-state index contributed by atoms with van der Waals surface area (Å²) in [6.07, 6.45) is 11.9. The summed E-state index contributed by atoms with van der Waals surface area (Å²) in [5.74, 6) is 3.96. The van der Waals surface area contributed by atoms with Gasteiger partial charge in [0.25, 0.3) is 0 Å². The number of piperidine rings is 3. The molecule has 3 heteroatoms. The van der Waals surface area contributed by atoms with Gasteiger partial charge in [0.1, 0.15) is 6.61 Å². The van der Waals surface area contributed by atoms with Crippen LogP contribution >= 0.6 is 0 Å². The van der Waals surface area contributed by atoms with Crippen molar-refractivity contribution in [1.82, 2.24) is 9.88 Å². The Morgan fingerprint density at radius 1 is 1.40 bits per heavy atom. The number of aromatic nitrogens is 1. The van der Waals surface area contributed by atoms with Crippen molar-refractivity contribution >= 4 is 10.9 Å². The van der Waals surface area contributed by atoms with Crippen molar-refractivity contribution in [2.24, 2.45) is 11.8 Å². The van der Waals surface area contributed by atoms with E-state index >= 15 is 0 Å². The summed E-state index contributed by atoms with van der Waals surface area (Å²) < 4.78 is 6.22. The molecule has 0 saturated carbocycles. The monoisotopic (exact) mass is 332 g/mol. The van der Waals surface area contributed by atoms with Crippen LogP contribution in [-0.2, 0) is 4.74 Å². The Labute approximate surface area is 149 Å². The highest BCUT2D eigenvalue weighted by molar-refractivity contribution is 5.82. The fraction of sp³-hybridized carbons (Fsp3) is 0.409. The fourth-order valence-electron chi connectivity index (χ4n) is 4.60. The molecule has 2 aromatic rings. The van der Waals surface area contributed by atoms with E-state index in [0.29, 0.717) is 24.5 Å². The molecule has 2 bridgehead atoms. The Balaban J connectivity index is 1.72. The van der Waals surface area contributed by atoms with E-state index in [-0.39, 0.29) is 6.10 Å². The van der Waals surface area contributed by atoms with Crippen molar-refractivity contribution in [3.05, 3.63) is 54.7 Å². The molecule has 3 aliphatic heterocycles. The third-order valence-corrected chi connectivity index (χ3v) is 5.84. The molecule has 3 fully saturated rings. The number of fused-ring (bicyclic) bond motifs is 4. The minimum absolute atomic E-state index is 0.0162. The SMILES string of the molecule is C#CCO[C@@H](c1ccnc2ccccc12)[C@H]1C[C@@H]2CCN1C[C@@H]2C=C. The van der Waals surface area contributed by atoms with Gasteiger partial charge in [0, 0.05) is 24.2 Å². The van der Waals surface area contributed by atoms with E-state index in [1.165, 1.54) is 12.0 Å². The van der Waals surface area contributed by atoms with Crippen molar-refractivity contribution in [2.45, 2.75) is 25.0 Å². The summed E-state index contributed by atoms with van der Waals surface area (Å²) in [5, 5.41) is 1.16. The van der Waals surface area contributed by atoms with Crippen LogP contribution in [0.4, 0.5) is 0 Å². The topological polar surface area (TPSA) is 25.4 Å². The summed E-state index contributed by atoms with van der Waals surface area (Å²) in [7, 11) is 0. The number of rotatable bonds is 5. The standard InChI is InChI=1S/C22H24N2O/c1-3-13-25-22(19-9-11-23-20-8-6-5-7-18(19)20)21-14-17-10-12-24(21)15-16(17)4-2/h1,4-9,11,16-17,21-22H,2,10,12-15H2/t16-,17-,21+,22-/m0/s1. The van der Waals surface area contributed by atoms with E-state index < -0.39 is 0 Å². The largest absolute Gasteiger partial charge is 0.359 e. The average Bonchev–Trinajstić information content (AvgIpc) is 2.69. The Morgan fingerprint density at radius 3 is 3.04 bits per heavy atom. The maximum Gasteiger partial charge on any atom is 0.108 e. The van der Waals surface area contributed by atoms with Crippen LogP contribution in [0.5, 0.6) is 0 Å². The lowest BCUT2D eigenvalue weighted by atomic mass is 9.73. The van der Waals surface area contributed by atoms with Crippen molar-refractivity contribution < 1.29 is 4.74 Å². The van der Waals surface area contributed by atoms with Crippen LogP contribution < -0.4 is 0 Å². The first-order valence-electron chi connectivity index (χ1n) is 9.07. The Morgan fingerprint density at radius 2 is 2.28 bits per heavy atom. The quantitative estimate of drug-likeness (QED) is 0.615. The number of pyridine rings is 1. The van der Waals surface area contributed by atoms with Gasteiger partial charge in [-0.15, -0.1) is 13.0 Å². The minimum atomic E-state index is -0.0162. The van der Waals surface area contributed by atoms with Gasteiger partial charge in [0.15, 0.2) is 0 Å². The lowest BCUT2D eigenvalue weighted by Gasteiger charge is -2.51. The first-order chi connectivity index (χ1) is 12.3. The van der Waals surface area contributed by atoms with Gasteiger partial charge in [-0.25, -0.2) is 0 Å². The number of benzene rings is 1. The lowest BCUT2D eigenvalue weighted by molar-refractivity contribution is -0.0673. The molecule has 5 atom stereocenters. The molecule has 3 saturated heterocycles. The molecule has 3 aliphatic rings. The second kappa shape index (κ2) is 7.00. The number of terminal acetylenes is 1. The van der Waals surface area contributed by atoms with Gasteiger partial charge in [-0.2, -0.15) is 0 Å². The van der Waals surface area contributed by atoms with Crippen LogP contribution in [0, 0.1) is 24.2 Å². The van der Waals surface area contributed by atoms with Crippen LogP contribution in [0.3, 0.4) is 0 Å². The van der Waals surface area contributed by atoms with E-state index in [2.05, 4.69) is 52.7 Å². The molecule has 1 unspecified atom stereocenters. The van der Waals surface area contributed by atoms with Gasteiger partial charge in [-0.05, 0) is 48.9 Å². The van der Waals surface area contributed by atoms with Crippen molar-refractivity contribution in [3.63, 3.8) is 0 Å². The highest BCUT2D eigenvalue weighted by Gasteiger charge is 2.43. The van der Waals surface area contributed by atoms with Crippen molar-refractivity contribution in [2.75, 3.05) is 19.7 Å². The van der Waals surface area contributed by atoms with E-state index in [4.69, 9.17) is 11.2 Å². The molecule has 4 heterocycles. The number of nitrogens with zero attached hydrogens (tertiary/aromatic N) is 2. The molecule has 1 aromatic carbocycles. The Hall–Kier alpha value is -2.15. The second-order valence-electron chi connectivity index (χ2n) is 7.10. The molecule has 3 nitrogen and oxygen atoms in total. The smallest absolute Gasteiger partial charge is 0.108 e. The summed E-state index contributed by atoms with van der Waals surface area (Å²) in [6, 6.07) is 10.7. The molecular formula is C22H24N2O. The van der Waals surface area contributed by atoms with Gasteiger partial charge < -0.3 is 4.74 Å². The molecule has 128 valence electrons. The van der Waals surface area contributed by atoms with E-state index in [0.717, 1.165) is 30.4 Å². The van der Waals surface area contributed by atoms with Gasteiger partial charge in [0.05, 0.1) is 11.6 Å². The number of ether oxygens (including phenoxy) is 1. The summed E-state index contributed by atoms with van der Waals surface area (Å²) >= 11 is 0. The molecule has 25 heavy (non-hydrogen) atoms. The molecule has 0 aliphatic carbocycles. The molecule has 0 N–H and O–H groups in total. The lowest BCUT2D eigenvalue weighted by Crippen LogP contribution is -2.55. The average molecular weight is 332 g/mol. The first kappa shape index (κ1) is 16.3. The molecule has 5 rings (SSSR count). The number of hydrogen-bond donors (Lipinski definition) is 0.